The summed E-state index contributed by atoms with van der Waals surface area (Å²) in [5, 5.41) is 15.3. The molecule has 1 rings (SSSR count). The number of nitrogens with one attached hydrogen (secondary N) is 2. The number of hydrogen-bond donors (Lipinski definition) is 3. The molecule has 3 N–H and O–H groups in total. The van der Waals surface area contributed by atoms with Crippen molar-refractivity contribution in [2.45, 2.75) is 45.9 Å². The van der Waals surface area contributed by atoms with E-state index in [1.165, 1.54) is 0 Å². The normalized spacial score (nSPS) is 12.1. The van der Waals surface area contributed by atoms with E-state index < -0.39 is 6.10 Å². The number of aliphatic hydroxyl groups is 1. The number of aliphatic hydroxyl groups excluding tert-OH is 1. The Morgan fingerprint density at radius 2 is 2.00 bits per heavy atom. The van der Waals surface area contributed by atoms with E-state index in [1.807, 2.05) is 32.9 Å². The van der Waals surface area contributed by atoms with Crippen LogP contribution in [-0.2, 0) is 11.3 Å². The van der Waals surface area contributed by atoms with Crippen molar-refractivity contribution in [2.24, 2.45) is 0 Å². The number of ether oxygens (including phenoxy) is 2. The number of rotatable bonds is 8. The van der Waals surface area contributed by atoms with Crippen LogP contribution in [0.1, 0.15) is 33.3 Å². The standard InChI is InChI=1S/C17H28N2O4.ClH/c1-12(20)9-18-10-13-7-6-8-14(22-5)16(13)23-11-15(21)19-17(2,3)4;/h6-8,12,18,20H,9-11H2,1-5H3,(H,19,21);1H. The monoisotopic (exact) mass is 360 g/mol. The Kier molecular flexibility index (Phi) is 9.73. The molecule has 0 spiro atoms. The molecule has 1 aromatic carbocycles. The molecule has 1 atom stereocenters. The first kappa shape index (κ1) is 22.5. The van der Waals surface area contributed by atoms with Gasteiger partial charge in [0.15, 0.2) is 18.1 Å². The SMILES string of the molecule is COc1cccc(CNCC(C)O)c1OCC(=O)NC(C)(C)C.Cl. The first-order valence-electron chi connectivity index (χ1n) is 7.71. The molecule has 6 nitrogen and oxygen atoms in total. The van der Waals surface area contributed by atoms with Crippen LogP contribution < -0.4 is 20.1 Å². The Balaban J connectivity index is 0.00000529. The van der Waals surface area contributed by atoms with Crippen molar-refractivity contribution in [2.75, 3.05) is 20.3 Å². The van der Waals surface area contributed by atoms with Crippen molar-refractivity contribution in [3.8, 4) is 11.5 Å². The van der Waals surface area contributed by atoms with E-state index in [1.54, 1.807) is 20.1 Å². The second-order valence-electron chi connectivity index (χ2n) is 6.52. The van der Waals surface area contributed by atoms with Gasteiger partial charge in [0.05, 0.1) is 13.2 Å². The van der Waals surface area contributed by atoms with Crippen LogP contribution in [0.25, 0.3) is 0 Å². The number of carbonyl (C=O) groups excluding carboxylic acids is 1. The van der Waals surface area contributed by atoms with Crippen molar-refractivity contribution in [3.63, 3.8) is 0 Å². The van der Waals surface area contributed by atoms with E-state index in [9.17, 15) is 9.90 Å². The quantitative estimate of drug-likeness (QED) is 0.659. The lowest BCUT2D eigenvalue weighted by atomic mass is 10.1. The van der Waals surface area contributed by atoms with Crippen LogP contribution in [0.5, 0.6) is 11.5 Å². The van der Waals surface area contributed by atoms with Gasteiger partial charge in [-0.25, -0.2) is 0 Å². The lowest BCUT2D eigenvalue weighted by molar-refractivity contribution is -0.124. The number of para-hydroxylation sites is 1. The second-order valence-corrected chi connectivity index (χ2v) is 6.52. The average Bonchev–Trinajstić information content (AvgIpc) is 2.43. The Labute approximate surface area is 150 Å². The molecule has 7 heteroatoms. The van der Waals surface area contributed by atoms with Crippen molar-refractivity contribution in [1.29, 1.82) is 0 Å². The van der Waals surface area contributed by atoms with Crippen molar-refractivity contribution in [1.82, 2.24) is 10.6 Å². The maximum Gasteiger partial charge on any atom is 0.258 e. The molecule has 0 aliphatic rings. The largest absolute Gasteiger partial charge is 0.493 e. The van der Waals surface area contributed by atoms with Crippen LogP contribution in [0, 0.1) is 0 Å². The molecule has 1 amide bonds. The molecule has 0 heterocycles. The van der Waals surface area contributed by atoms with Gasteiger partial charge in [-0.2, -0.15) is 0 Å². The Bertz CT molecular complexity index is 516. The predicted molar refractivity (Wildman–Crippen MR) is 97.0 cm³/mol. The van der Waals surface area contributed by atoms with E-state index in [-0.39, 0.29) is 30.5 Å². The summed E-state index contributed by atoms with van der Waals surface area (Å²) in [6.45, 7) is 8.37. The van der Waals surface area contributed by atoms with E-state index in [0.717, 1.165) is 5.56 Å². The minimum atomic E-state index is -0.428. The first-order valence-corrected chi connectivity index (χ1v) is 7.71. The molecule has 0 bridgehead atoms. The van der Waals surface area contributed by atoms with Gasteiger partial charge in [-0.3, -0.25) is 4.79 Å². The predicted octanol–water partition coefficient (Wildman–Crippen LogP) is 1.88. The molecular weight excluding hydrogens is 332 g/mol. The highest BCUT2D eigenvalue weighted by atomic mass is 35.5. The van der Waals surface area contributed by atoms with Gasteiger partial charge in [0.2, 0.25) is 0 Å². The van der Waals surface area contributed by atoms with Gasteiger partial charge in [0, 0.05) is 24.2 Å². The number of halogens is 1. The molecule has 0 aliphatic heterocycles. The van der Waals surface area contributed by atoms with Gasteiger partial charge in [-0.05, 0) is 33.8 Å². The van der Waals surface area contributed by atoms with Crippen LogP contribution in [0.15, 0.2) is 18.2 Å². The fourth-order valence-electron chi connectivity index (χ4n) is 2.03. The number of benzene rings is 1. The summed E-state index contributed by atoms with van der Waals surface area (Å²) >= 11 is 0. The number of carbonyl (C=O) groups is 1. The molecule has 0 saturated heterocycles. The van der Waals surface area contributed by atoms with Gasteiger partial charge < -0.3 is 25.2 Å². The summed E-state index contributed by atoms with van der Waals surface area (Å²) in [6.07, 6.45) is -0.428. The Morgan fingerprint density at radius 3 is 2.54 bits per heavy atom. The summed E-state index contributed by atoms with van der Waals surface area (Å²) < 4.78 is 11.0. The van der Waals surface area contributed by atoms with Crippen LogP contribution in [0.2, 0.25) is 0 Å². The molecule has 138 valence electrons. The summed E-state index contributed by atoms with van der Waals surface area (Å²) in [5.74, 6) is 0.924. The van der Waals surface area contributed by atoms with Crippen LogP contribution in [-0.4, -0.2) is 42.9 Å². The van der Waals surface area contributed by atoms with E-state index >= 15 is 0 Å². The molecule has 1 unspecified atom stereocenters. The maximum absolute atomic E-state index is 11.9. The van der Waals surface area contributed by atoms with Gasteiger partial charge in [0.25, 0.3) is 5.91 Å². The molecule has 0 aromatic heterocycles. The fourth-order valence-corrected chi connectivity index (χ4v) is 2.03. The highest BCUT2D eigenvalue weighted by Crippen LogP contribution is 2.31. The molecule has 0 saturated carbocycles. The lowest BCUT2D eigenvalue weighted by Crippen LogP contribution is -2.43. The van der Waals surface area contributed by atoms with Gasteiger partial charge in [0.1, 0.15) is 0 Å². The zero-order valence-corrected chi connectivity index (χ0v) is 15.8. The number of amides is 1. The third-order valence-electron chi connectivity index (χ3n) is 2.90. The topological polar surface area (TPSA) is 79.8 Å². The third kappa shape index (κ3) is 8.38. The minimum Gasteiger partial charge on any atom is -0.493 e. The zero-order chi connectivity index (χ0) is 17.5. The molecule has 1 aromatic rings. The second kappa shape index (κ2) is 10.4. The Hall–Kier alpha value is -1.50. The lowest BCUT2D eigenvalue weighted by Gasteiger charge is -2.21. The van der Waals surface area contributed by atoms with E-state index in [4.69, 9.17) is 9.47 Å². The van der Waals surface area contributed by atoms with Crippen LogP contribution in [0.4, 0.5) is 0 Å². The smallest absolute Gasteiger partial charge is 0.258 e. The van der Waals surface area contributed by atoms with E-state index in [2.05, 4.69) is 10.6 Å². The summed E-state index contributed by atoms with van der Waals surface area (Å²) in [5.41, 5.74) is 0.566. The molecular formula is C17H29ClN2O4. The first-order chi connectivity index (χ1) is 10.7. The molecule has 0 aliphatic carbocycles. The average molecular weight is 361 g/mol. The van der Waals surface area contributed by atoms with E-state index in [0.29, 0.717) is 24.6 Å². The molecule has 0 fully saturated rings. The molecule has 0 radical (unpaired) electrons. The van der Waals surface area contributed by atoms with Gasteiger partial charge >= 0.3 is 0 Å². The maximum atomic E-state index is 11.9. The van der Waals surface area contributed by atoms with Gasteiger partial charge in [-0.15, -0.1) is 12.4 Å². The number of hydrogen-bond acceptors (Lipinski definition) is 5. The zero-order valence-electron chi connectivity index (χ0n) is 15.0. The summed E-state index contributed by atoms with van der Waals surface area (Å²) in [6, 6.07) is 5.55. The number of methoxy groups -OCH3 is 1. The van der Waals surface area contributed by atoms with Crippen LogP contribution in [0.3, 0.4) is 0 Å². The van der Waals surface area contributed by atoms with Crippen molar-refractivity contribution < 1.29 is 19.4 Å². The summed E-state index contributed by atoms with van der Waals surface area (Å²) in [7, 11) is 1.56. The van der Waals surface area contributed by atoms with Crippen LogP contribution >= 0.6 is 12.4 Å². The third-order valence-corrected chi connectivity index (χ3v) is 2.90. The fraction of sp³-hybridized carbons (Fsp3) is 0.588. The molecule has 24 heavy (non-hydrogen) atoms. The highest BCUT2D eigenvalue weighted by Gasteiger charge is 2.16. The summed E-state index contributed by atoms with van der Waals surface area (Å²) in [4.78, 5) is 11.9. The van der Waals surface area contributed by atoms with Crippen molar-refractivity contribution >= 4 is 18.3 Å². The Morgan fingerprint density at radius 1 is 1.33 bits per heavy atom. The highest BCUT2D eigenvalue weighted by molar-refractivity contribution is 5.85. The van der Waals surface area contributed by atoms with Crippen molar-refractivity contribution in [3.05, 3.63) is 23.8 Å². The minimum absolute atomic E-state index is 0. The van der Waals surface area contributed by atoms with Gasteiger partial charge in [-0.1, -0.05) is 12.1 Å².